The van der Waals surface area contributed by atoms with E-state index in [1.165, 1.54) is 98.9 Å². The van der Waals surface area contributed by atoms with E-state index in [0.717, 1.165) is 5.69 Å². The Morgan fingerprint density at radius 3 is 1.61 bits per heavy atom. The molecule has 9 aromatic carbocycles. The van der Waals surface area contributed by atoms with Crippen molar-refractivity contribution in [1.29, 1.82) is 0 Å². The summed E-state index contributed by atoms with van der Waals surface area (Å²) in [7, 11) is 0. The van der Waals surface area contributed by atoms with Crippen molar-refractivity contribution < 1.29 is 0 Å². The lowest BCUT2D eigenvalue weighted by Gasteiger charge is -2.31. The molecule has 0 amide bonds. The highest BCUT2D eigenvalue weighted by molar-refractivity contribution is 6.29. The smallest absolute Gasteiger partial charge is 0.0543 e. The second kappa shape index (κ2) is 15.4. The standard InChI is InChI=1S/C59H56N2/c1-10-18-43(58(4,5)6)23-17-36-60(52-26-15-21-41-19-11-13-24-48(41)52)54-37-39(2)46-33-35-51-55(38-40(3)47-32-34-50(54)56(46)57(47)51)61(45-30-28-44(29-31-45)59(7,8)9)53-27-16-22-42-20-12-14-25-49(42)53/h10-35,37-38H,1,36H2,2-9H3/b23-17-,43-18+. The van der Waals surface area contributed by atoms with E-state index in [0.29, 0.717) is 6.54 Å². The van der Waals surface area contributed by atoms with E-state index in [-0.39, 0.29) is 10.8 Å². The van der Waals surface area contributed by atoms with Gasteiger partial charge in [-0.3, -0.25) is 0 Å². The predicted molar refractivity (Wildman–Crippen MR) is 268 cm³/mol. The molecule has 302 valence electrons. The molecule has 0 aliphatic rings. The third-order valence-corrected chi connectivity index (χ3v) is 12.6. The summed E-state index contributed by atoms with van der Waals surface area (Å²) in [4.78, 5) is 5.02. The minimum absolute atomic E-state index is 0.0112. The van der Waals surface area contributed by atoms with Crippen LogP contribution in [-0.2, 0) is 5.41 Å². The quantitative estimate of drug-likeness (QED) is 0.106. The van der Waals surface area contributed by atoms with Gasteiger partial charge in [0.1, 0.15) is 0 Å². The molecule has 0 spiro atoms. The van der Waals surface area contributed by atoms with Crippen LogP contribution < -0.4 is 9.80 Å². The van der Waals surface area contributed by atoms with Crippen LogP contribution in [0.4, 0.5) is 28.4 Å². The Morgan fingerprint density at radius 2 is 1.03 bits per heavy atom. The third kappa shape index (κ3) is 7.14. The molecule has 0 saturated carbocycles. The Hall–Kier alpha value is -6.64. The predicted octanol–water partition coefficient (Wildman–Crippen LogP) is 17.1. The van der Waals surface area contributed by atoms with Crippen molar-refractivity contribution in [3.05, 3.63) is 199 Å². The Balaban J connectivity index is 1.32. The van der Waals surface area contributed by atoms with Crippen molar-refractivity contribution in [3.8, 4) is 0 Å². The summed E-state index contributed by atoms with van der Waals surface area (Å²) < 4.78 is 0. The van der Waals surface area contributed by atoms with Gasteiger partial charge in [-0.05, 0) is 116 Å². The minimum Gasteiger partial charge on any atom is -0.337 e. The van der Waals surface area contributed by atoms with Gasteiger partial charge in [-0.1, -0.05) is 182 Å². The van der Waals surface area contributed by atoms with Crippen LogP contribution in [0.2, 0.25) is 0 Å². The van der Waals surface area contributed by atoms with Gasteiger partial charge in [-0.15, -0.1) is 0 Å². The van der Waals surface area contributed by atoms with Gasteiger partial charge in [0.05, 0.1) is 11.4 Å². The molecule has 0 N–H and O–H groups in total. The molecule has 9 aromatic rings. The average Bonchev–Trinajstić information content (AvgIpc) is 3.25. The Morgan fingerprint density at radius 1 is 0.525 bits per heavy atom. The van der Waals surface area contributed by atoms with Gasteiger partial charge in [0, 0.05) is 45.2 Å². The second-order valence-electron chi connectivity index (χ2n) is 18.7. The van der Waals surface area contributed by atoms with Gasteiger partial charge in [-0.2, -0.15) is 0 Å². The fraction of sp³-hybridized carbons (Fsp3) is 0.186. The third-order valence-electron chi connectivity index (χ3n) is 12.6. The summed E-state index contributed by atoms with van der Waals surface area (Å²) in [5.74, 6) is 0. The monoisotopic (exact) mass is 792 g/mol. The molecule has 9 rings (SSSR count). The highest BCUT2D eigenvalue weighted by Crippen LogP contribution is 2.49. The summed E-state index contributed by atoms with van der Waals surface area (Å²) in [6, 6.07) is 54.4. The van der Waals surface area contributed by atoms with Crippen molar-refractivity contribution in [3.63, 3.8) is 0 Å². The fourth-order valence-corrected chi connectivity index (χ4v) is 9.37. The Bertz CT molecular complexity index is 3150. The molecule has 0 radical (unpaired) electrons. The van der Waals surface area contributed by atoms with Crippen LogP contribution in [0.25, 0.3) is 53.9 Å². The van der Waals surface area contributed by atoms with Crippen LogP contribution in [0.5, 0.6) is 0 Å². The van der Waals surface area contributed by atoms with Crippen molar-refractivity contribution >= 4 is 82.3 Å². The molecule has 2 heteroatoms. The zero-order valence-electron chi connectivity index (χ0n) is 37.0. The first-order valence-corrected chi connectivity index (χ1v) is 21.7. The van der Waals surface area contributed by atoms with Crippen LogP contribution in [0, 0.1) is 19.3 Å². The molecule has 0 atom stereocenters. The number of aryl methyl sites for hydroxylation is 2. The molecule has 0 heterocycles. The molecule has 0 saturated heterocycles. The summed E-state index contributed by atoms with van der Waals surface area (Å²) in [6.07, 6.45) is 8.65. The molecule has 0 unspecified atom stereocenters. The number of nitrogens with zero attached hydrogens (tertiary/aromatic N) is 2. The van der Waals surface area contributed by atoms with E-state index in [2.05, 4.69) is 236 Å². The van der Waals surface area contributed by atoms with Crippen LogP contribution in [0.3, 0.4) is 0 Å². The van der Waals surface area contributed by atoms with Crippen molar-refractivity contribution in [1.82, 2.24) is 0 Å². The number of hydrogen-bond acceptors (Lipinski definition) is 2. The van der Waals surface area contributed by atoms with Crippen LogP contribution in [0.1, 0.15) is 58.2 Å². The van der Waals surface area contributed by atoms with E-state index < -0.39 is 0 Å². The van der Waals surface area contributed by atoms with Gasteiger partial charge in [0.2, 0.25) is 0 Å². The van der Waals surface area contributed by atoms with E-state index in [9.17, 15) is 0 Å². The molecular formula is C59H56N2. The number of fused-ring (bicyclic) bond motifs is 2. The first-order valence-electron chi connectivity index (χ1n) is 21.7. The Labute approximate surface area is 362 Å². The van der Waals surface area contributed by atoms with Crippen LogP contribution in [-0.4, -0.2) is 6.54 Å². The van der Waals surface area contributed by atoms with Gasteiger partial charge in [0.15, 0.2) is 0 Å². The van der Waals surface area contributed by atoms with E-state index >= 15 is 0 Å². The van der Waals surface area contributed by atoms with Crippen molar-refractivity contribution in [2.75, 3.05) is 16.3 Å². The van der Waals surface area contributed by atoms with Gasteiger partial charge in [-0.25, -0.2) is 0 Å². The second-order valence-corrected chi connectivity index (χ2v) is 18.7. The molecule has 0 aliphatic heterocycles. The Kier molecular flexibility index (Phi) is 10.1. The summed E-state index contributed by atoms with van der Waals surface area (Å²) in [5, 5.41) is 12.6. The molecular weight excluding hydrogens is 737 g/mol. The molecule has 2 nitrogen and oxygen atoms in total. The highest BCUT2D eigenvalue weighted by atomic mass is 15.1. The van der Waals surface area contributed by atoms with E-state index in [4.69, 9.17) is 0 Å². The highest BCUT2D eigenvalue weighted by Gasteiger charge is 2.25. The molecule has 0 bridgehead atoms. The maximum atomic E-state index is 4.03. The van der Waals surface area contributed by atoms with Crippen molar-refractivity contribution in [2.24, 2.45) is 5.41 Å². The molecule has 0 aliphatic carbocycles. The number of benzene rings is 9. The fourth-order valence-electron chi connectivity index (χ4n) is 9.37. The lowest BCUT2D eigenvalue weighted by atomic mass is 9.86. The maximum absolute atomic E-state index is 4.03. The van der Waals surface area contributed by atoms with Gasteiger partial charge < -0.3 is 9.80 Å². The van der Waals surface area contributed by atoms with Gasteiger partial charge in [0.25, 0.3) is 0 Å². The van der Waals surface area contributed by atoms with E-state index in [1.54, 1.807) is 0 Å². The number of allylic oxidation sites excluding steroid dienone is 4. The minimum atomic E-state index is -0.0112. The number of rotatable bonds is 9. The van der Waals surface area contributed by atoms with Crippen LogP contribution in [0.15, 0.2) is 182 Å². The van der Waals surface area contributed by atoms with Crippen LogP contribution >= 0.6 is 0 Å². The SMILES string of the molecule is C=C/C=C(\C=C/CN(c1cccc2ccccc12)c1cc(C)c2ccc3c(N(c4ccc(C(C)(C)C)cc4)c4cccc5ccccc45)cc(C)c4ccc1c2c43)C(C)(C)C. The lowest BCUT2D eigenvalue weighted by molar-refractivity contribution is 0.517. The average molecular weight is 793 g/mol. The zero-order chi connectivity index (χ0) is 42.6. The first-order chi connectivity index (χ1) is 29.3. The molecule has 0 fully saturated rings. The summed E-state index contributed by atoms with van der Waals surface area (Å²) >= 11 is 0. The zero-order valence-corrected chi connectivity index (χ0v) is 37.0. The topological polar surface area (TPSA) is 6.48 Å². The summed E-state index contributed by atoms with van der Waals surface area (Å²) in [6.45, 7) is 22.9. The van der Waals surface area contributed by atoms with Gasteiger partial charge >= 0.3 is 0 Å². The number of anilines is 5. The number of hydrogen-bond donors (Lipinski definition) is 0. The largest absolute Gasteiger partial charge is 0.337 e. The normalized spacial score (nSPS) is 12.8. The van der Waals surface area contributed by atoms with E-state index in [1.807, 2.05) is 6.08 Å². The molecule has 0 aromatic heterocycles. The lowest BCUT2D eigenvalue weighted by Crippen LogP contribution is -2.18. The van der Waals surface area contributed by atoms with Crippen molar-refractivity contribution in [2.45, 2.75) is 60.8 Å². The first kappa shape index (κ1) is 39.8. The molecule has 61 heavy (non-hydrogen) atoms. The maximum Gasteiger partial charge on any atom is 0.0543 e. The summed E-state index contributed by atoms with van der Waals surface area (Å²) in [5.41, 5.74) is 11.0.